The fourth-order valence-corrected chi connectivity index (χ4v) is 4.63. The zero-order valence-electron chi connectivity index (χ0n) is 13.9. The summed E-state index contributed by atoms with van der Waals surface area (Å²) in [7, 11) is -0.319. The number of benzene rings is 2. The van der Waals surface area contributed by atoms with Crippen molar-refractivity contribution in [2.24, 2.45) is 7.05 Å². The largest absolute Gasteiger partial charge is 0.496 e. The Hall–Kier alpha value is -2.04. The lowest BCUT2D eigenvalue weighted by atomic mass is 10.3. The minimum absolute atomic E-state index is 0.141. The van der Waals surface area contributed by atoms with Crippen LogP contribution in [-0.2, 0) is 17.1 Å². The van der Waals surface area contributed by atoms with E-state index in [9.17, 15) is 8.42 Å². The van der Waals surface area contributed by atoms with E-state index in [4.69, 9.17) is 4.74 Å². The highest BCUT2D eigenvalue weighted by Gasteiger charge is 2.16. The molecule has 0 atom stereocenters. The average molecular weight is 455 g/mol. The quantitative estimate of drug-likeness (QED) is 0.612. The van der Waals surface area contributed by atoms with Gasteiger partial charge >= 0.3 is 0 Å². The topological polar surface area (TPSA) is 86.1 Å². The van der Waals surface area contributed by atoms with Gasteiger partial charge in [0.15, 0.2) is 5.16 Å². The summed E-state index contributed by atoms with van der Waals surface area (Å²) in [5.41, 5.74) is 0.472. The van der Waals surface area contributed by atoms with Crippen LogP contribution in [0, 0.1) is 0 Å². The second kappa shape index (κ2) is 7.68. The molecular formula is C16H15BrN4O3S2. The highest BCUT2D eigenvalue weighted by atomic mass is 79.9. The van der Waals surface area contributed by atoms with Crippen LogP contribution < -0.4 is 9.46 Å². The summed E-state index contributed by atoms with van der Waals surface area (Å²) in [6.07, 6.45) is 1.62. The van der Waals surface area contributed by atoms with Crippen LogP contribution >= 0.6 is 27.7 Å². The molecule has 0 saturated carbocycles. The first-order valence-corrected chi connectivity index (χ1v) is 10.5. The van der Waals surface area contributed by atoms with E-state index in [0.29, 0.717) is 15.9 Å². The third-order valence-corrected chi connectivity index (χ3v) is 6.48. The van der Waals surface area contributed by atoms with E-state index in [1.807, 2.05) is 23.7 Å². The van der Waals surface area contributed by atoms with E-state index in [-0.39, 0.29) is 4.90 Å². The lowest BCUT2D eigenvalue weighted by molar-refractivity contribution is 0.411. The number of rotatable bonds is 6. The van der Waals surface area contributed by atoms with Crippen LogP contribution in [0.3, 0.4) is 0 Å². The number of aromatic nitrogens is 3. The van der Waals surface area contributed by atoms with Crippen molar-refractivity contribution in [3.63, 3.8) is 0 Å². The van der Waals surface area contributed by atoms with Gasteiger partial charge in [-0.15, -0.1) is 10.2 Å². The van der Waals surface area contributed by atoms with Crippen LogP contribution in [0.25, 0.3) is 0 Å². The molecule has 0 spiro atoms. The zero-order valence-corrected chi connectivity index (χ0v) is 17.1. The summed E-state index contributed by atoms with van der Waals surface area (Å²) >= 11 is 4.74. The highest BCUT2D eigenvalue weighted by molar-refractivity contribution is 9.10. The maximum atomic E-state index is 12.5. The molecule has 3 aromatic rings. The smallest absolute Gasteiger partial charge is 0.261 e. The molecule has 1 N–H and O–H groups in total. The highest BCUT2D eigenvalue weighted by Crippen LogP contribution is 2.29. The number of hydrogen-bond acceptors (Lipinski definition) is 6. The monoisotopic (exact) mass is 454 g/mol. The molecule has 0 amide bonds. The SMILES string of the molecule is COc1ccc(S(=O)(=O)Nc2ccc(Sc3nncn3C)cc2)cc1Br. The molecule has 10 heteroatoms. The van der Waals surface area contributed by atoms with Crippen LogP contribution in [0.5, 0.6) is 5.75 Å². The van der Waals surface area contributed by atoms with E-state index in [1.165, 1.54) is 31.0 Å². The number of nitrogens with one attached hydrogen (secondary N) is 1. The number of sulfonamides is 1. The number of hydrogen-bond donors (Lipinski definition) is 1. The average Bonchev–Trinajstić information content (AvgIpc) is 3.01. The van der Waals surface area contributed by atoms with Gasteiger partial charge in [-0.25, -0.2) is 8.42 Å². The van der Waals surface area contributed by atoms with Crippen LogP contribution in [0.1, 0.15) is 0 Å². The molecule has 0 bridgehead atoms. The molecule has 0 fully saturated rings. The second-order valence-corrected chi connectivity index (χ2v) is 8.83. The predicted molar refractivity (Wildman–Crippen MR) is 103 cm³/mol. The first-order valence-electron chi connectivity index (χ1n) is 7.37. The Morgan fingerprint density at radius 2 is 1.92 bits per heavy atom. The van der Waals surface area contributed by atoms with Gasteiger partial charge in [-0.2, -0.15) is 0 Å². The molecule has 1 aromatic heterocycles. The minimum Gasteiger partial charge on any atom is -0.496 e. The maximum absolute atomic E-state index is 12.5. The van der Waals surface area contributed by atoms with Gasteiger partial charge < -0.3 is 9.30 Å². The summed E-state index contributed by atoms with van der Waals surface area (Å²) in [6.45, 7) is 0. The number of nitrogens with zero attached hydrogens (tertiary/aromatic N) is 3. The molecule has 0 aliphatic heterocycles. The second-order valence-electron chi connectivity index (χ2n) is 5.25. The first-order chi connectivity index (χ1) is 12.4. The molecule has 0 aliphatic carbocycles. The summed E-state index contributed by atoms with van der Waals surface area (Å²) in [4.78, 5) is 1.07. The molecule has 0 aliphatic rings. The third-order valence-electron chi connectivity index (χ3n) is 3.42. The molecule has 3 rings (SSSR count). The number of halogens is 1. The van der Waals surface area contributed by atoms with Crippen molar-refractivity contribution in [1.82, 2.24) is 14.8 Å². The van der Waals surface area contributed by atoms with Gasteiger partial charge in [0.05, 0.1) is 16.5 Å². The molecular weight excluding hydrogens is 440 g/mol. The van der Waals surface area contributed by atoms with Crippen molar-refractivity contribution in [3.05, 3.63) is 53.3 Å². The standard InChI is InChI=1S/C16H15BrN4O3S2/c1-21-10-18-19-16(21)25-12-5-3-11(4-6-12)20-26(22,23)13-7-8-15(24-2)14(17)9-13/h3-10,20H,1-2H3. The summed E-state index contributed by atoms with van der Waals surface area (Å²) in [5, 5.41) is 8.58. The lowest BCUT2D eigenvalue weighted by Crippen LogP contribution is -2.12. The molecule has 26 heavy (non-hydrogen) atoms. The van der Waals surface area contributed by atoms with Gasteiger partial charge in [0.2, 0.25) is 0 Å². The molecule has 0 saturated heterocycles. The van der Waals surface area contributed by atoms with Crippen LogP contribution in [0.2, 0.25) is 0 Å². The zero-order chi connectivity index (χ0) is 18.7. The van der Waals surface area contributed by atoms with Gasteiger partial charge in [-0.1, -0.05) is 0 Å². The summed E-state index contributed by atoms with van der Waals surface area (Å²) < 4.78 is 35.1. The Labute approximate surface area is 164 Å². The molecule has 7 nitrogen and oxygen atoms in total. The Balaban J connectivity index is 1.75. The van der Waals surface area contributed by atoms with Gasteiger partial charge in [-0.3, -0.25) is 4.72 Å². The number of methoxy groups -OCH3 is 1. The van der Waals surface area contributed by atoms with Gasteiger partial charge in [0, 0.05) is 17.6 Å². The van der Waals surface area contributed by atoms with E-state index in [2.05, 4.69) is 30.8 Å². The van der Waals surface area contributed by atoms with Crippen molar-refractivity contribution < 1.29 is 13.2 Å². The molecule has 136 valence electrons. The van der Waals surface area contributed by atoms with Crippen molar-refractivity contribution in [3.8, 4) is 5.75 Å². The Morgan fingerprint density at radius 1 is 1.19 bits per heavy atom. The number of aryl methyl sites for hydroxylation is 1. The van der Waals surface area contributed by atoms with Crippen molar-refractivity contribution >= 4 is 43.4 Å². The van der Waals surface area contributed by atoms with Gasteiger partial charge in [0.1, 0.15) is 12.1 Å². The van der Waals surface area contributed by atoms with Crippen molar-refractivity contribution in [2.75, 3.05) is 11.8 Å². The fraction of sp³-hybridized carbons (Fsp3) is 0.125. The molecule has 0 radical (unpaired) electrons. The van der Waals surface area contributed by atoms with Crippen molar-refractivity contribution in [2.45, 2.75) is 14.9 Å². The fourth-order valence-electron chi connectivity index (χ4n) is 2.09. The van der Waals surface area contributed by atoms with Gasteiger partial charge in [-0.05, 0) is 70.2 Å². The Morgan fingerprint density at radius 3 is 2.50 bits per heavy atom. The Kier molecular flexibility index (Phi) is 5.54. The van der Waals surface area contributed by atoms with E-state index in [1.54, 1.807) is 24.5 Å². The summed E-state index contributed by atoms with van der Waals surface area (Å²) in [5.74, 6) is 0.564. The van der Waals surface area contributed by atoms with E-state index in [0.717, 1.165) is 10.1 Å². The van der Waals surface area contributed by atoms with Crippen LogP contribution in [0.15, 0.2) is 68.2 Å². The molecule has 0 unspecified atom stereocenters. The molecule has 2 aromatic carbocycles. The van der Waals surface area contributed by atoms with Crippen LogP contribution in [0.4, 0.5) is 5.69 Å². The number of anilines is 1. The lowest BCUT2D eigenvalue weighted by Gasteiger charge is -2.10. The van der Waals surface area contributed by atoms with Gasteiger partial charge in [0.25, 0.3) is 10.0 Å². The minimum atomic E-state index is -3.70. The summed E-state index contributed by atoms with van der Waals surface area (Å²) in [6, 6.07) is 11.6. The van der Waals surface area contributed by atoms with E-state index >= 15 is 0 Å². The number of ether oxygens (including phenoxy) is 1. The molecule has 1 heterocycles. The van der Waals surface area contributed by atoms with Crippen LogP contribution in [-0.4, -0.2) is 30.3 Å². The first kappa shape index (κ1) is 18.7. The maximum Gasteiger partial charge on any atom is 0.261 e. The van der Waals surface area contributed by atoms with Crippen molar-refractivity contribution in [1.29, 1.82) is 0 Å². The third kappa shape index (κ3) is 4.19. The normalized spacial score (nSPS) is 11.3. The van der Waals surface area contributed by atoms with E-state index < -0.39 is 10.0 Å². The Bertz CT molecular complexity index is 1020. The predicted octanol–water partition coefficient (Wildman–Crippen LogP) is 3.54.